The third kappa shape index (κ3) is 1.66. The first-order valence-corrected chi connectivity index (χ1v) is 6.45. The van der Waals surface area contributed by atoms with Crippen molar-refractivity contribution in [1.82, 2.24) is 0 Å². The summed E-state index contributed by atoms with van der Waals surface area (Å²) in [6.07, 6.45) is 2.24. The van der Waals surface area contributed by atoms with Gasteiger partial charge in [-0.15, -0.1) is 0 Å². The maximum Gasteiger partial charge on any atom is 0.137 e. The molecule has 1 aromatic carbocycles. The lowest BCUT2D eigenvalue weighted by Gasteiger charge is -2.27. The van der Waals surface area contributed by atoms with Gasteiger partial charge in [-0.1, -0.05) is 11.6 Å². The molecule has 2 nitrogen and oxygen atoms in total. The van der Waals surface area contributed by atoms with Gasteiger partial charge in [-0.05, 0) is 62.8 Å². The second-order valence-corrected chi connectivity index (χ2v) is 5.74. The number of phenols is 1. The number of aromatic hydroxyl groups is 1. The molecule has 0 aromatic heterocycles. The van der Waals surface area contributed by atoms with E-state index in [0.29, 0.717) is 5.02 Å². The highest BCUT2D eigenvalue weighted by atomic mass is 35.5. The highest BCUT2D eigenvalue weighted by Gasteiger charge is 2.49. The molecule has 0 radical (unpaired) electrons. The lowest BCUT2D eigenvalue weighted by Crippen LogP contribution is -2.33. The third-order valence-corrected chi connectivity index (χ3v) is 4.83. The largest absolute Gasteiger partial charge is 0.506 e. The van der Waals surface area contributed by atoms with E-state index in [1.54, 1.807) is 0 Å². The van der Waals surface area contributed by atoms with E-state index in [-0.39, 0.29) is 17.2 Å². The standard InChI is InChI=1S/C14H20ClNO/c1-7-8(2)13(17)12(15)9(3)11(7)14(5-6-14)10(4)16/h10,17H,5-6,16H2,1-4H3. The highest BCUT2D eigenvalue weighted by Crippen LogP contribution is 2.54. The molecule has 0 heterocycles. The summed E-state index contributed by atoms with van der Waals surface area (Å²) in [5, 5.41) is 10.4. The molecule has 3 N–H and O–H groups in total. The van der Waals surface area contributed by atoms with Gasteiger partial charge in [-0.2, -0.15) is 0 Å². The molecule has 1 aromatic rings. The molecule has 1 aliphatic carbocycles. The lowest BCUT2D eigenvalue weighted by molar-refractivity contribution is 0.468. The molecule has 0 spiro atoms. The van der Waals surface area contributed by atoms with Crippen LogP contribution in [0.1, 0.15) is 42.0 Å². The molecule has 1 saturated carbocycles. The first-order valence-electron chi connectivity index (χ1n) is 6.07. The Hall–Kier alpha value is -0.730. The van der Waals surface area contributed by atoms with Crippen molar-refractivity contribution in [3.05, 3.63) is 27.3 Å². The first-order chi connectivity index (χ1) is 7.83. The lowest BCUT2D eigenvalue weighted by atomic mass is 9.81. The van der Waals surface area contributed by atoms with Crippen LogP contribution in [0.15, 0.2) is 0 Å². The smallest absolute Gasteiger partial charge is 0.137 e. The van der Waals surface area contributed by atoms with Crippen molar-refractivity contribution >= 4 is 11.6 Å². The van der Waals surface area contributed by atoms with Crippen molar-refractivity contribution < 1.29 is 5.11 Å². The molecule has 1 aliphatic rings. The van der Waals surface area contributed by atoms with Crippen LogP contribution in [-0.4, -0.2) is 11.1 Å². The number of halogens is 1. The Balaban J connectivity index is 2.71. The Morgan fingerprint density at radius 2 is 1.71 bits per heavy atom. The molecular weight excluding hydrogens is 234 g/mol. The summed E-state index contributed by atoms with van der Waals surface area (Å²) in [4.78, 5) is 0. The fourth-order valence-electron chi connectivity index (χ4n) is 2.91. The Kier molecular flexibility index (Phi) is 2.91. The van der Waals surface area contributed by atoms with Gasteiger partial charge >= 0.3 is 0 Å². The minimum Gasteiger partial charge on any atom is -0.506 e. The van der Waals surface area contributed by atoms with E-state index in [1.165, 1.54) is 5.56 Å². The molecule has 0 aliphatic heterocycles. The Bertz CT molecular complexity index is 447. The van der Waals surface area contributed by atoms with Gasteiger partial charge < -0.3 is 10.8 Å². The van der Waals surface area contributed by atoms with E-state index in [4.69, 9.17) is 17.3 Å². The summed E-state index contributed by atoms with van der Waals surface area (Å²) in [5.41, 5.74) is 10.5. The van der Waals surface area contributed by atoms with Gasteiger partial charge in [0.25, 0.3) is 0 Å². The number of hydrogen-bond donors (Lipinski definition) is 2. The van der Waals surface area contributed by atoms with Crippen LogP contribution in [0.25, 0.3) is 0 Å². The highest BCUT2D eigenvalue weighted by molar-refractivity contribution is 6.33. The van der Waals surface area contributed by atoms with E-state index in [1.807, 2.05) is 13.8 Å². The average Bonchev–Trinajstić information content (AvgIpc) is 3.05. The third-order valence-electron chi connectivity index (χ3n) is 4.36. The van der Waals surface area contributed by atoms with Crippen molar-refractivity contribution in [1.29, 1.82) is 0 Å². The quantitative estimate of drug-likeness (QED) is 0.849. The van der Waals surface area contributed by atoms with Crippen molar-refractivity contribution in [2.75, 3.05) is 0 Å². The number of rotatable bonds is 2. The number of nitrogens with two attached hydrogens (primary N) is 1. The average molecular weight is 254 g/mol. The Labute approximate surface area is 108 Å². The van der Waals surface area contributed by atoms with Gasteiger partial charge in [-0.3, -0.25) is 0 Å². The Morgan fingerprint density at radius 1 is 1.18 bits per heavy atom. The van der Waals surface area contributed by atoms with Crippen molar-refractivity contribution in [2.45, 2.75) is 52.0 Å². The van der Waals surface area contributed by atoms with Crippen LogP contribution in [-0.2, 0) is 5.41 Å². The molecule has 0 saturated heterocycles. The zero-order valence-corrected chi connectivity index (χ0v) is 11.7. The molecule has 1 fully saturated rings. The molecular formula is C14H20ClNO. The predicted octanol–water partition coefficient (Wildman–Crippen LogP) is 3.35. The van der Waals surface area contributed by atoms with E-state index in [0.717, 1.165) is 29.5 Å². The molecule has 1 unspecified atom stereocenters. The summed E-state index contributed by atoms with van der Waals surface area (Å²) in [7, 11) is 0. The number of benzene rings is 1. The molecule has 0 bridgehead atoms. The van der Waals surface area contributed by atoms with Crippen molar-refractivity contribution in [2.24, 2.45) is 5.73 Å². The zero-order valence-electron chi connectivity index (χ0n) is 10.9. The van der Waals surface area contributed by atoms with Crippen LogP contribution >= 0.6 is 11.6 Å². The summed E-state index contributed by atoms with van der Waals surface area (Å²) < 4.78 is 0. The van der Waals surface area contributed by atoms with Gasteiger partial charge in [0.15, 0.2) is 0 Å². The van der Waals surface area contributed by atoms with Crippen LogP contribution in [0, 0.1) is 20.8 Å². The van der Waals surface area contributed by atoms with Gasteiger partial charge in [0, 0.05) is 11.5 Å². The molecule has 2 rings (SSSR count). The SMILES string of the molecule is Cc1c(C)c(C2(C(C)N)CC2)c(C)c(Cl)c1O. The second-order valence-electron chi connectivity index (χ2n) is 5.36. The second kappa shape index (κ2) is 3.89. The maximum absolute atomic E-state index is 9.95. The van der Waals surface area contributed by atoms with Crippen LogP contribution in [0.4, 0.5) is 0 Å². The van der Waals surface area contributed by atoms with E-state index >= 15 is 0 Å². The molecule has 0 amide bonds. The van der Waals surface area contributed by atoms with Crippen LogP contribution in [0.2, 0.25) is 5.02 Å². The van der Waals surface area contributed by atoms with Crippen LogP contribution in [0.3, 0.4) is 0 Å². The monoisotopic (exact) mass is 253 g/mol. The van der Waals surface area contributed by atoms with Gasteiger partial charge in [0.1, 0.15) is 5.75 Å². The molecule has 3 heteroatoms. The fraction of sp³-hybridized carbons (Fsp3) is 0.571. The fourth-order valence-corrected chi connectivity index (χ4v) is 3.15. The van der Waals surface area contributed by atoms with Crippen LogP contribution < -0.4 is 5.73 Å². The normalized spacial score (nSPS) is 19.2. The van der Waals surface area contributed by atoms with Gasteiger partial charge in [-0.25, -0.2) is 0 Å². The summed E-state index contributed by atoms with van der Waals surface area (Å²) in [5.74, 6) is 0.214. The summed E-state index contributed by atoms with van der Waals surface area (Å²) >= 11 is 6.21. The number of hydrogen-bond acceptors (Lipinski definition) is 2. The van der Waals surface area contributed by atoms with Gasteiger partial charge in [0.05, 0.1) is 5.02 Å². The first kappa shape index (κ1) is 12.7. The van der Waals surface area contributed by atoms with Crippen LogP contribution in [0.5, 0.6) is 5.75 Å². The maximum atomic E-state index is 9.95. The summed E-state index contributed by atoms with van der Waals surface area (Å²) in [6, 6.07) is 0.125. The number of phenolic OH excluding ortho intramolecular Hbond substituents is 1. The predicted molar refractivity (Wildman–Crippen MR) is 71.9 cm³/mol. The minimum atomic E-state index is 0.0796. The van der Waals surface area contributed by atoms with Gasteiger partial charge in [0.2, 0.25) is 0 Å². The summed E-state index contributed by atoms with van der Waals surface area (Å²) in [6.45, 7) is 8.00. The van der Waals surface area contributed by atoms with Crippen molar-refractivity contribution in [3.63, 3.8) is 0 Å². The minimum absolute atomic E-state index is 0.0796. The van der Waals surface area contributed by atoms with E-state index < -0.39 is 0 Å². The Morgan fingerprint density at radius 3 is 2.12 bits per heavy atom. The zero-order chi connectivity index (χ0) is 13.0. The molecule has 17 heavy (non-hydrogen) atoms. The molecule has 94 valence electrons. The van der Waals surface area contributed by atoms with E-state index in [9.17, 15) is 5.11 Å². The van der Waals surface area contributed by atoms with Crippen molar-refractivity contribution in [3.8, 4) is 5.75 Å². The molecule has 1 atom stereocenters. The topological polar surface area (TPSA) is 46.2 Å². The van der Waals surface area contributed by atoms with E-state index in [2.05, 4.69) is 13.8 Å².